The van der Waals surface area contributed by atoms with Gasteiger partial charge >= 0.3 is 0 Å². The summed E-state index contributed by atoms with van der Waals surface area (Å²) in [5.74, 6) is -1.03. The summed E-state index contributed by atoms with van der Waals surface area (Å²) in [5, 5.41) is 5.72. The Balaban J connectivity index is 1.90. The van der Waals surface area contributed by atoms with Gasteiger partial charge in [0.25, 0.3) is 5.91 Å². The molecule has 2 aromatic carbocycles. The molecule has 2 N–H and O–H groups in total. The van der Waals surface area contributed by atoms with E-state index in [0.717, 1.165) is 0 Å². The molecule has 0 aliphatic heterocycles. The molecule has 2 aromatic rings. The van der Waals surface area contributed by atoms with Crippen molar-refractivity contribution in [1.29, 1.82) is 0 Å². The highest BCUT2D eigenvalue weighted by Crippen LogP contribution is 2.15. The van der Waals surface area contributed by atoms with Crippen LogP contribution in [0.4, 0.5) is 0 Å². The normalized spacial score (nSPS) is 12.4. The van der Waals surface area contributed by atoms with E-state index >= 15 is 0 Å². The molecule has 156 valence electrons. The number of rotatable bonds is 9. The number of nitrogens with one attached hydrogen (secondary N) is 2. The highest BCUT2D eigenvalue weighted by Gasteiger charge is 2.25. The predicted molar refractivity (Wildman–Crippen MR) is 114 cm³/mol. The zero-order valence-electron chi connectivity index (χ0n) is 16.4. The van der Waals surface area contributed by atoms with Crippen LogP contribution in [0, 0.1) is 5.92 Å². The van der Waals surface area contributed by atoms with Crippen molar-refractivity contribution < 1.29 is 18.0 Å². The molecule has 0 aliphatic carbocycles. The van der Waals surface area contributed by atoms with Gasteiger partial charge in [0.1, 0.15) is 6.04 Å². The largest absolute Gasteiger partial charge is 0.354 e. The van der Waals surface area contributed by atoms with Gasteiger partial charge in [0, 0.05) is 6.54 Å². The molecule has 0 saturated carbocycles. The monoisotopic (exact) mass is 436 g/mol. The molecule has 0 spiro atoms. The van der Waals surface area contributed by atoms with Crippen LogP contribution in [0.25, 0.3) is 0 Å². The van der Waals surface area contributed by atoms with Gasteiger partial charge in [0.05, 0.1) is 21.2 Å². The minimum atomic E-state index is -3.39. The first-order valence-electron chi connectivity index (χ1n) is 9.33. The predicted octanol–water partition coefficient (Wildman–Crippen LogP) is 3.07. The minimum Gasteiger partial charge on any atom is -0.354 e. The van der Waals surface area contributed by atoms with E-state index in [-0.39, 0.29) is 35.4 Å². The number of benzene rings is 2. The zero-order valence-corrected chi connectivity index (χ0v) is 18.0. The van der Waals surface area contributed by atoms with Gasteiger partial charge in [-0.25, -0.2) is 8.42 Å². The van der Waals surface area contributed by atoms with Gasteiger partial charge in [0.15, 0.2) is 9.84 Å². The van der Waals surface area contributed by atoms with Crippen molar-refractivity contribution in [3.8, 4) is 0 Å². The molecule has 0 fully saturated rings. The number of carbonyl (C=O) groups is 2. The molecule has 0 bridgehead atoms. The van der Waals surface area contributed by atoms with E-state index in [2.05, 4.69) is 10.6 Å². The van der Waals surface area contributed by atoms with Crippen LogP contribution in [0.15, 0.2) is 59.5 Å². The van der Waals surface area contributed by atoms with E-state index in [9.17, 15) is 18.0 Å². The molecule has 29 heavy (non-hydrogen) atoms. The van der Waals surface area contributed by atoms with Gasteiger partial charge < -0.3 is 10.6 Å². The third-order valence-corrected chi connectivity index (χ3v) is 6.49. The fourth-order valence-corrected chi connectivity index (χ4v) is 4.28. The summed E-state index contributed by atoms with van der Waals surface area (Å²) < 4.78 is 24.5. The maximum atomic E-state index is 12.5. The Labute approximate surface area is 176 Å². The lowest BCUT2D eigenvalue weighted by molar-refractivity contribution is -0.123. The third kappa shape index (κ3) is 6.58. The average molecular weight is 437 g/mol. The highest BCUT2D eigenvalue weighted by atomic mass is 35.5. The Hall–Kier alpha value is -2.38. The van der Waals surface area contributed by atoms with Crippen molar-refractivity contribution in [1.82, 2.24) is 10.6 Å². The lowest BCUT2D eigenvalue weighted by atomic mass is 10.0. The van der Waals surface area contributed by atoms with Gasteiger partial charge in [-0.15, -0.1) is 0 Å². The summed E-state index contributed by atoms with van der Waals surface area (Å²) in [7, 11) is -3.39. The molecule has 6 nitrogen and oxygen atoms in total. The Kier molecular flexibility index (Phi) is 8.22. The summed E-state index contributed by atoms with van der Waals surface area (Å²) >= 11 is 6.04. The fourth-order valence-electron chi connectivity index (χ4n) is 2.73. The Bertz CT molecular complexity index is 946. The second kappa shape index (κ2) is 10.4. The average Bonchev–Trinajstić information content (AvgIpc) is 2.70. The van der Waals surface area contributed by atoms with Gasteiger partial charge in [-0.1, -0.05) is 55.8 Å². The van der Waals surface area contributed by atoms with Crippen LogP contribution in [0.3, 0.4) is 0 Å². The first-order valence-corrected chi connectivity index (χ1v) is 11.4. The molecular formula is C21H25ClN2O4S. The molecule has 2 rings (SSSR count). The van der Waals surface area contributed by atoms with E-state index in [0.29, 0.717) is 10.6 Å². The van der Waals surface area contributed by atoms with Crippen molar-refractivity contribution in [2.45, 2.75) is 31.2 Å². The molecular weight excluding hydrogens is 412 g/mol. The summed E-state index contributed by atoms with van der Waals surface area (Å²) in [4.78, 5) is 25.2. The number of hydrogen-bond donors (Lipinski definition) is 2. The quantitative estimate of drug-likeness (QED) is 0.591. The number of amides is 2. The second-order valence-corrected chi connectivity index (χ2v) is 9.47. The van der Waals surface area contributed by atoms with Crippen molar-refractivity contribution in [2.24, 2.45) is 5.92 Å². The third-order valence-electron chi connectivity index (χ3n) is 4.35. The van der Waals surface area contributed by atoms with E-state index in [4.69, 9.17) is 11.6 Å². The van der Waals surface area contributed by atoms with Crippen LogP contribution in [0.2, 0.25) is 5.02 Å². The van der Waals surface area contributed by atoms with Gasteiger partial charge in [-0.2, -0.15) is 0 Å². The fraction of sp³-hybridized carbons (Fsp3) is 0.333. The lowest BCUT2D eigenvalue weighted by Crippen LogP contribution is -2.50. The first-order chi connectivity index (χ1) is 13.7. The van der Waals surface area contributed by atoms with E-state index in [1.54, 1.807) is 54.6 Å². The van der Waals surface area contributed by atoms with Crippen molar-refractivity contribution in [2.75, 3.05) is 12.3 Å². The molecule has 1 unspecified atom stereocenters. The van der Waals surface area contributed by atoms with Crippen LogP contribution in [-0.2, 0) is 14.6 Å². The number of hydrogen-bond acceptors (Lipinski definition) is 4. The lowest BCUT2D eigenvalue weighted by Gasteiger charge is -2.22. The molecule has 2 amide bonds. The van der Waals surface area contributed by atoms with Crippen LogP contribution >= 0.6 is 11.6 Å². The molecule has 0 aliphatic rings. The van der Waals surface area contributed by atoms with Gasteiger partial charge in [-0.3, -0.25) is 9.59 Å². The number of halogens is 1. The summed E-state index contributed by atoms with van der Waals surface area (Å²) in [6.07, 6.45) is 0.270. The minimum absolute atomic E-state index is 0.0738. The van der Waals surface area contributed by atoms with Crippen LogP contribution in [0.5, 0.6) is 0 Å². The Morgan fingerprint density at radius 3 is 2.24 bits per heavy atom. The van der Waals surface area contributed by atoms with E-state index in [1.807, 2.05) is 13.8 Å². The standard InChI is InChI=1S/C21H25ClN2O4S/c1-15(2)19(24-20(25)17-11-6-7-12-18(17)22)21(26)23-13-8-14-29(27,28)16-9-4-3-5-10-16/h3-7,9-12,15,19H,8,13-14H2,1-2H3,(H,23,26)(H,24,25). The topological polar surface area (TPSA) is 92.3 Å². The maximum absolute atomic E-state index is 12.5. The van der Waals surface area contributed by atoms with E-state index < -0.39 is 21.8 Å². The van der Waals surface area contributed by atoms with Crippen LogP contribution < -0.4 is 10.6 Å². The molecule has 0 saturated heterocycles. The number of sulfone groups is 1. The van der Waals surface area contributed by atoms with Crippen molar-refractivity contribution in [3.05, 3.63) is 65.2 Å². The first kappa shape index (κ1) is 22.9. The number of carbonyl (C=O) groups excluding carboxylic acids is 2. The SMILES string of the molecule is CC(C)C(NC(=O)c1ccccc1Cl)C(=O)NCCCS(=O)(=O)c1ccccc1. The van der Waals surface area contributed by atoms with Crippen LogP contribution in [0.1, 0.15) is 30.6 Å². The zero-order chi connectivity index (χ0) is 21.4. The van der Waals surface area contributed by atoms with Crippen molar-refractivity contribution in [3.63, 3.8) is 0 Å². The Morgan fingerprint density at radius 1 is 1.00 bits per heavy atom. The molecule has 0 heterocycles. The van der Waals surface area contributed by atoms with Crippen molar-refractivity contribution >= 4 is 33.3 Å². The molecule has 1 atom stereocenters. The molecule has 8 heteroatoms. The smallest absolute Gasteiger partial charge is 0.253 e. The molecule has 0 aromatic heterocycles. The van der Waals surface area contributed by atoms with Gasteiger partial charge in [0.2, 0.25) is 5.91 Å². The van der Waals surface area contributed by atoms with Gasteiger partial charge in [-0.05, 0) is 36.6 Å². The summed E-state index contributed by atoms with van der Waals surface area (Å²) in [6, 6.07) is 14.0. The summed E-state index contributed by atoms with van der Waals surface area (Å²) in [6.45, 7) is 3.82. The van der Waals surface area contributed by atoms with Crippen LogP contribution in [-0.4, -0.2) is 38.6 Å². The highest BCUT2D eigenvalue weighted by molar-refractivity contribution is 7.91. The second-order valence-electron chi connectivity index (χ2n) is 6.95. The maximum Gasteiger partial charge on any atom is 0.253 e. The van der Waals surface area contributed by atoms with E-state index in [1.165, 1.54) is 0 Å². The summed E-state index contributed by atoms with van der Waals surface area (Å²) in [5.41, 5.74) is 0.293. The molecule has 0 radical (unpaired) electrons. The Morgan fingerprint density at radius 2 is 1.62 bits per heavy atom.